The molecule has 0 aromatic heterocycles. The van der Waals surface area contributed by atoms with Crippen molar-refractivity contribution in [2.75, 3.05) is 12.0 Å². The number of fused-ring (bicyclic) bond motifs is 2. The summed E-state index contributed by atoms with van der Waals surface area (Å²) >= 11 is 0. The quantitative estimate of drug-likeness (QED) is 0.184. The van der Waals surface area contributed by atoms with Crippen LogP contribution < -0.4 is 9.64 Å². The van der Waals surface area contributed by atoms with Gasteiger partial charge in [-0.15, -0.1) is 0 Å². The number of carbonyl (C=O) groups excluding carboxylic acids is 2. The van der Waals surface area contributed by atoms with Crippen LogP contribution in [-0.4, -0.2) is 19.0 Å². The highest BCUT2D eigenvalue weighted by Crippen LogP contribution is 2.58. The summed E-state index contributed by atoms with van der Waals surface area (Å²) in [6.07, 6.45) is 0.0127. The molecule has 192 valence electrons. The Morgan fingerprint density at radius 1 is 0.946 bits per heavy atom. The van der Waals surface area contributed by atoms with Crippen molar-refractivity contribution in [1.82, 2.24) is 0 Å². The zero-order valence-corrected chi connectivity index (χ0v) is 19.5. The Hall–Kier alpha value is -3.95. The lowest BCUT2D eigenvalue weighted by Gasteiger charge is -2.41. The van der Waals surface area contributed by atoms with Gasteiger partial charge in [0.05, 0.1) is 25.0 Å². The van der Waals surface area contributed by atoms with Crippen molar-refractivity contribution < 1.29 is 41.0 Å². The molecule has 1 unspecified atom stereocenters. The van der Waals surface area contributed by atoms with E-state index in [0.29, 0.717) is 40.2 Å². The topological polar surface area (TPSA) is 55.8 Å². The van der Waals surface area contributed by atoms with Gasteiger partial charge in [0, 0.05) is 0 Å². The molecule has 3 aromatic carbocycles. The predicted octanol–water partition coefficient (Wildman–Crippen LogP) is 5.64. The van der Waals surface area contributed by atoms with Crippen LogP contribution in [0.25, 0.3) is 0 Å². The summed E-state index contributed by atoms with van der Waals surface area (Å²) in [6.45, 7) is -0.113. The summed E-state index contributed by atoms with van der Waals surface area (Å²) in [4.78, 5) is 27.1. The summed E-state index contributed by atoms with van der Waals surface area (Å²) in [6, 6.07) is 12.0. The van der Waals surface area contributed by atoms with E-state index in [-0.39, 0.29) is 6.61 Å². The van der Waals surface area contributed by atoms with Crippen LogP contribution in [0.2, 0.25) is 0 Å². The maximum atomic E-state index is 15.0. The third-order valence-corrected chi connectivity index (χ3v) is 6.85. The molecule has 37 heavy (non-hydrogen) atoms. The second-order valence-electron chi connectivity index (χ2n) is 9.00. The van der Waals surface area contributed by atoms with E-state index in [1.165, 1.54) is 13.2 Å². The monoisotopic (exact) mass is 517 g/mol. The van der Waals surface area contributed by atoms with Gasteiger partial charge in [-0.3, -0.25) is 14.5 Å². The van der Waals surface area contributed by atoms with E-state index in [1.807, 2.05) is 0 Å². The number of nitrogens with zero attached hydrogens (tertiary/aromatic N) is 1. The highest BCUT2D eigenvalue weighted by Gasteiger charge is 2.60. The van der Waals surface area contributed by atoms with Gasteiger partial charge in [0.1, 0.15) is 18.0 Å². The van der Waals surface area contributed by atoms with Crippen LogP contribution in [0, 0.1) is 29.1 Å². The first-order chi connectivity index (χ1) is 17.7. The fourth-order valence-corrected chi connectivity index (χ4v) is 4.83. The first-order valence-electron chi connectivity index (χ1n) is 11.4. The van der Waals surface area contributed by atoms with Crippen LogP contribution in [0.3, 0.4) is 0 Å². The van der Waals surface area contributed by atoms with Crippen molar-refractivity contribution in [2.45, 2.75) is 37.3 Å². The number of hydrogen-bond acceptors (Lipinski definition) is 4. The number of amides is 1. The van der Waals surface area contributed by atoms with Crippen molar-refractivity contribution >= 4 is 17.6 Å². The molecular weight excluding hydrogens is 497 g/mol. The minimum atomic E-state index is -2.34. The number of carbonyl (C=O) groups is 2. The first kappa shape index (κ1) is 24.7. The lowest BCUT2D eigenvalue weighted by Crippen LogP contribution is -2.48. The van der Waals surface area contributed by atoms with Crippen molar-refractivity contribution in [3.8, 4) is 5.75 Å². The number of rotatable bonds is 6. The highest BCUT2D eigenvalue weighted by molar-refractivity contribution is 6.06. The zero-order chi connectivity index (χ0) is 26.5. The third kappa shape index (κ3) is 4.00. The molecule has 0 bridgehead atoms. The van der Waals surface area contributed by atoms with Gasteiger partial charge in [0.2, 0.25) is 11.7 Å². The fraction of sp³-hybridized carbons (Fsp3) is 0.259. The molecule has 1 amide bonds. The average Bonchev–Trinajstić information content (AvgIpc) is 3.72. The Bertz CT molecular complexity index is 1380. The predicted molar refractivity (Wildman–Crippen MR) is 121 cm³/mol. The molecule has 3 aromatic rings. The van der Waals surface area contributed by atoms with Gasteiger partial charge in [-0.25, -0.2) is 22.0 Å². The van der Waals surface area contributed by atoms with Gasteiger partial charge in [0.15, 0.2) is 23.3 Å². The molecule has 1 aliphatic carbocycles. The number of anilines is 1. The van der Waals surface area contributed by atoms with Crippen LogP contribution >= 0.6 is 0 Å². The van der Waals surface area contributed by atoms with Gasteiger partial charge >= 0.3 is 5.97 Å². The minimum absolute atomic E-state index is 0.113. The molecule has 5 nitrogen and oxygen atoms in total. The maximum absolute atomic E-state index is 15.0. The molecular formula is C27H20F5NO4. The van der Waals surface area contributed by atoms with Crippen molar-refractivity contribution in [1.29, 1.82) is 0 Å². The van der Waals surface area contributed by atoms with Crippen molar-refractivity contribution in [3.63, 3.8) is 0 Å². The van der Waals surface area contributed by atoms with Gasteiger partial charge in [0.25, 0.3) is 0 Å². The van der Waals surface area contributed by atoms with Gasteiger partial charge in [-0.2, -0.15) is 0 Å². The van der Waals surface area contributed by atoms with E-state index in [1.54, 1.807) is 42.5 Å². The Kier molecular flexibility index (Phi) is 6.13. The maximum Gasteiger partial charge on any atom is 0.308 e. The second kappa shape index (κ2) is 9.17. The van der Waals surface area contributed by atoms with Crippen LogP contribution in [0.15, 0.2) is 48.5 Å². The van der Waals surface area contributed by atoms with Crippen LogP contribution in [-0.2, 0) is 26.3 Å². The molecule has 1 saturated carbocycles. The standard InChI is InChI=1S/C27H20F5NO4/c1-36-15-7-8-17-16(11-15)18(12-19(34)37-13-14-5-3-2-4-6-14)33(26(35)27(17)9-10-27)25-23(31)21(29)20(28)22(30)24(25)32/h2-8,11,18H,9-10,12-13H2,1H3. The third-order valence-electron chi connectivity index (χ3n) is 6.85. The molecule has 0 radical (unpaired) electrons. The number of esters is 1. The first-order valence-corrected chi connectivity index (χ1v) is 11.4. The molecule has 1 fully saturated rings. The largest absolute Gasteiger partial charge is 0.497 e. The average molecular weight is 517 g/mol. The molecule has 0 saturated heterocycles. The Morgan fingerprint density at radius 2 is 1.57 bits per heavy atom. The van der Waals surface area contributed by atoms with Crippen molar-refractivity contribution in [3.05, 3.63) is 94.3 Å². The van der Waals surface area contributed by atoms with E-state index in [9.17, 15) is 31.5 Å². The molecule has 10 heteroatoms. The Balaban J connectivity index is 1.62. The van der Waals surface area contributed by atoms with E-state index >= 15 is 0 Å². The molecule has 0 N–H and O–H groups in total. The normalized spacial score (nSPS) is 17.5. The van der Waals surface area contributed by atoms with E-state index in [0.717, 1.165) is 0 Å². The number of benzene rings is 3. The molecule has 2 aliphatic rings. The summed E-state index contributed by atoms with van der Waals surface area (Å²) in [5, 5.41) is 0. The summed E-state index contributed by atoms with van der Waals surface area (Å²) < 4.78 is 82.7. The molecule has 5 rings (SSSR count). The minimum Gasteiger partial charge on any atom is -0.497 e. The Labute approximate surface area is 208 Å². The zero-order valence-electron chi connectivity index (χ0n) is 19.5. The van der Waals surface area contributed by atoms with Gasteiger partial charge < -0.3 is 9.47 Å². The van der Waals surface area contributed by atoms with E-state index in [4.69, 9.17) is 9.47 Å². The van der Waals surface area contributed by atoms with Gasteiger partial charge in [-0.1, -0.05) is 36.4 Å². The second-order valence-corrected chi connectivity index (χ2v) is 9.00. The summed E-state index contributed by atoms with van der Waals surface area (Å²) in [5.41, 5.74) is -1.11. The fourth-order valence-electron chi connectivity index (χ4n) is 4.83. The van der Waals surface area contributed by atoms with Crippen LogP contribution in [0.4, 0.5) is 27.6 Å². The highest BCUT2D eigenvalue weighted by atomic mass is 19.2. The number of methoxy groups -OCH3 is 1. The number of halogens is 5. The number of hydrogen-bond donors (Lipinski definition) is 0. The molecule has 1 aliphatic heterocycles. The van der Waals surface area contributed by atoms with E-state index in [2.05, 4.69) is 0 Å². The lowest BCUT2D eigenvalue weighted by atomic mass is 9.80. The van der Waals surface area contributed by atoms with Crippen molar-refractivity contribution in [2.24, 2.45) is 0 Å². The smallest absolute Gasteiger partial charge is 0.308 e. The molecule has 1 heterocycles. The Morgan fingerprint density at radius 3 is 2.16 bits per heavy atom. The molecule has 1 spiro atoms. The summed E-state index contributed by atoms with van der Waals surface area (Å²) in [7, 11) is 1.38. The van der Waals surface area contributed by atoms with Crippen LogP contribution in [0.1, 0.15) is 42.0 Å². The lowest BCUT2D eigenvalue weighted by molar-refractivity contribution is -0.145. The SMILES string of the molecule is COc1ccc2c(c1)C(CC(=O)OCc1ccccc1)N(c1c(F)c(F)c(F)c(F)c1F)C(=O)C21CC1. The van der Waals surface area contributed by atoms with Gasteiger partial charge in [-0.05, 0) is 41.7 Å². The van der Waals surface area contributed by atoms with E-state index < -0.39 is 64.5 Å². The summed E-state index contributed by atoms with van der Waals surface area (Å²) in [5.74, 6) is -12.4. The molecule has 1 atom stereocenters. The number of ether oxygens (including phenoxy) is 2. The van der Waals surface area contributed by atoms with Crippen LogP contribution in [0.5, 0.6) is 5.75 Å².